The number of hydrogen-bond acceptors (Lipinski definition) is 2. The number of carboxylic acids is 1. The second-order valence-corrected chi connectivity index (χ2v) is 3.80. The Morgan fingerprint density at radius 1 is 1.77 bits per heavy atom. The van der Waals surface area contributed by atoms with E-state index in [1.807, 2.05) is 13.0 Å². The minimum Gasteiger partial charge on any atom is -0.501 e. The van der Waals surface area contributed by atoms with Gasteiger partial charge in [-0.2, -0.15) is 0 Å². The average Bonchev–Trinajstić information content (AvgIpc) is 2.03. The van der Waals surface area contributed by atoms with Crippen molar-refractivity contribution < 1.29 is 14.6 Å². The summed E-state index contributed by atoms with van der Waals surface area (Å²) < 4.78 is 5.21. The molecule has 0 aromatic heterocycles. The van der Waals surface area contributed by atoms with E-state index in [1.54, 1.807) is 7.11 Å². The van der Waals surface area contributed by atoms with Gasteiger partial charge in [0.1, 0.15) is 0 Å². The van der Waals surface area contributed by atoms with Crippen molar-refractivity contribution in [2.75, 3.05) is 7.11 Å². The average molecular weight is 184 g/mol. The van der Waals surface area contributed by atoms with E-state index in [1.165, 1.54) is 0 Å². The molecule has 1 atom stereocenters. The van der Waals surface area contributed by atoms with Gasteiger partial charge in [0.25, 0.3) is 0 Å². The molecule has 0 aromatic carbocycles. The Morgan fingerprint density at radius 3 is 3.00 bits per heavy atom. The Bertz CT molecular complexity index is 232. The lowest BCUT2D eigenvalue weighted by Crippen LogP contribution is -2.26. The maximum absolute atomic E-state index is 10.7. The van der Waals surface area contributed by atoms with E-state index < -0.39 is 5.97 Å². The molecule has 0 heterocycles. The van der Waals surface area contributed by atoms with Crippen LogP contribution in [-0.2, 0) is 9.53 Å². The minimum absolute atomic E-state index is 0.159. The van der Waals surface area contributed by atoms with Gasteiger partial charge in [0.2, 0.25) is 0 Å². The Balaban J connectivity index is 2.79. The molecule has 0 bridgehead atoms. The van der Waals surface area contributed by atoms with Gasteiger partial charge in [-0.15, -0.1) is 0 Å². The third-order valence-electron chi connectivity index (χ3n) is 2.62. The first-order valence-electron chi connectivity index (χ1n) is 4.55. The highest BCUT2D eigenvalue weighted by atomic mass is 16.5. The van der Waals surface area contributed by atoms with E-state index >= 15 is 0 Å². The number of ether oxygens (including phenoxy) is 1. The van der Waals surface area contributed by atoms with Gasteiger partial charge in [-0.05, 0) is 25.3 Å². The molecule has 0 spiro atoms. The van der Waals surface area contributed by atoms with E-state index in [2.05, 4.69) is 0 Å². The normalized spacial score (nSPS) is 28.0. The number of carboxylic acid groups (broad SMARTS) is 1. The first-order valence-corrected chi connectivity index (χ1v) is 4.55. The molecule has 0 radical (unpaired) electrons. The predicted octanol–water partition coefficient (Wildman–Crippen LogP) is 2.18. The molecule has 0 aliphatic heterocycles. The maximum atomic E-state index is 10.7. The zero-order chi connectivity index (χ0) is 9.90. The number of carbonyl (C=O) groups is 1. The quantitative estimate of drug-likeness (QED) is 0.731. The molecule has 0 saturated carbocycles. The van der Waals surface area contributed by atoms with Crippen LogP contribution in [0.1, 0.15) is 32.6 Å². The lowest BCUT2D eigenvalue weighted by atomic mass is 9.76. The van der Waals surface area contributed by atoms with Crippen LogP contribution in [0.5, 0.6) is 0 Å². The zero-order valence-electron chi connectivity index (χ0n) is 8.17. The summed E-state index contributed by atoms with van der Waals surface area (Å²) in [5.74, 6) is 0.0773. The highest BCUT2D eigenvalue weighted by Gasteiger charge is 2.34. The summed E-state index contributed by atoms with van der Waals surface area (Å²) in [5.41, 5.74) is -0.293. The summed E-state index contributed by atoms with van der Waals surface area (Å²) in [5, 5.41) is 8.76. The first-order chi connectivity index (χ1) is 6.08. The molecule has 1 unspecified atom stereocenters. The van der Waals surface area contributed by atoms with E-state index in [0.29, 0.717) is 0 Å². The third-order valence-corrected chi connectivity index (χ3v) is 2.62. The SMILES string of the molecule is COC1=CCCCC1(C)CC(=O)O. The van der Waals surface area contributed by atoms with Crippen LogP contribution in [0.2, 0.25) is 0 Å². The summed E-state index contributed by atoms with van der Waals surface area (Å²) in [6.07, 6.45) is 5.12. The summed E-state index contributed by atoms with van der Waals surface area (Å²) in [4.78, 5) is 10.7. The molecule has 13 heavy (non-hydrogen) atoms. The van der Waals surface area contributed by atoms with E-state index in [-0.39, 0.29) is 11.8 Å². The first kappa shape index (κ1) is 10.1. The van der Waals surface area contributed by atoms with Crippen molar-refractivity contribution >= 4 is 5.97 Å². The number of allylic oxidation sites excluding steroid dienone is 2. The van der Waals surface area contributed by atoms with Crippen LogP contribution in [0.25, 0.3) is 0 Å². The minimum atomic E-state index is -0.757. The molecule has 0 aromatic rings. The lowest BCUT2D eigenvalue weighted by molar-refractivity contribution is -0.139. The van der Waals surface area contributed by atoms with Crippen LogP contribution in [0.4, 0.5) is 0 Å². The van der Waals surface area contributed by atoms with E-state index in [4.69, 9.17) is 9.84 Å². The second kappa shape index (κ2) is 3.81. The smallest absolute Gasteiger partial charge is 0.304 e. The monoisotopic (exact) mass is 184 g/mol. The van der Waals surface area contributed by atoms with Gasteiger partial charge in [-0.3, -0.25) is 4.79 Å². The fourth-order valence-electron chi connectivity index (χ4n) is 1.93. The molecule has 74 valence electrons. The Morgan fingerprint density at radius 2 is 2.46 bits per heavy atom. The second-order valence-electron chi connectivity index (χ2n) is 3.80. The molecule has 3 heteroatoms. The number of aliphatic carboxylic acids is 1. The fourth-order valence-corrected chi connectivity index (χ4v) is 1.93. The number of methoxy groups -OCH3 is 1. The Kier molecular flexibility index (Phi) is 2.96. The van der Waals surface area contributed by atoms with E-state index in [9.17, 15) is 4.79 Å². The molecular formula is C10H16O3. The molecule has 3 nitrogen and oxygen atoms in total. The van der Waals surface area contributed by atoms with Crippen LogP contribution in [0.15, 0.2) is 11.8 Å². The molecule has 1 aliphatic carbocycles. The van der Waals surface area contributed by atoms with Crippen LogP contribution < -0.4 is 0 Å². The van der Waals surface area contributed by atoms with Crippen LogP contribution in [0.3, 0.4) is 0 Å². The highest BCUT2D eigenvalue weighted by molar-refractivity contribution is 5.68. The van der Waals surface area contributed by atoms with Gasteiger partial charge in [0, 0.05) is 5.41 Å². The van der Waals surface area contributed by atoms with Crippen molar-refractivity contribution in [1.29, 1.82) is 0 Å². The number of hydrogen-bond donors (Lipinski definition) is 1. The lowest BCUT2D eigenvalue weighted by Gasteiger charge is -2.32. The predicted molar refractivity (Wildman–Crippen MR) is 49.3 cm³/mol. The van der Waals surface area contributed by atoms with Gasteiger partial charge in [0.05, 0.1) is 19.3 Å². The Hall–Kier alpha value is -0.990. The third kappa shape index (κ3) is 2.23. The fraction of sp³-hybridized carbons (Fsp3) is 0.700. The summed E-state index contributed by atoms with van der Waals surface area (Å²) >= 11 is 0. The largest absolute Gasteiger partial charge is 0.501 e. The zero-order valence-corrected chi connectivity index (χ0v) is 8.17. The van der Waals surface area contributed by atoms with Crippen molar-refractivity contribution in [1.82, 2.24) is 0 Å². The molecule has 0 fully saturated rings. The molecular weight excluding hydrogens is 168 g/mol. The van der Waals surface area contributed by atoms with Crippen molar-refractivity contribution in [2.24, 2.45) is 5.41 Å². The van der Waals surface area contributed by atoms with Gasteiger partial charge >= 0.3 is 5.97 Å². The molecule has 1 N–H and O–H groups in total. The van der Waals surface area contributed by atoms with Crippen LogP contribution in [-0.4, -0.2) is 18.2 Å². The van der Waals surface area contributed by atoms with Gasteiger partial charge in [-0.1, -0.05) is 6.92 Å². The molecule has 0 saturated heterocycles. The van der Waals surface area contributed by atoms with Gasteiger partial charge < -0.3 is 9.84 Å². The maximum Gasteiger partial charge on any atom is 0.304 e. The number of rotatable bonds is 3. The summed E-state index contributed by atoms with van der Waals surface area (Å²) in [6, 6.07) is 0. The van der Waals surface area contributed by atoms with Gasteiger partial charge in [0.15, 0.2) is 0 Å². The van der Waals surface area contributed by atoms with Crippen molar-refractivity contribution in [3.8, 4) is 0 Å². The molecule has 0 amide bonds. The topological polar surface area (TPSA) is 46.5 Å². The molecule has 1 aliphatic rings. The van der Waals surface area contributed by atoms with Crippen molar-refractivity contribution in [3.63, 3.8) is 0 Å². The van der Waals surface area contributed by atoms with Crippen LogP contribution in [0, 0.1) is 5.41 Å². The molecule has 1 rings (SSSR count). The van der Waals surface area contributed by atoms with E-state index in [0.717, 1.165) is 25.0 Å². The summed E-state index contributed by atoms with van der Waals surface area (Å²) in [6.45, 7) is 1.95. The Labute approximate surface area is 78.4 Å². The van der Waals surface area contributed by atoms with Crippen LogP contribution >= 0.6 is 0 Å². The highest BCUT2D eigenvalue weighted by Crippen LogP contribution is 2.40. The van der Waals surface area contributed by atoms with Crippen molar-refractivity contribution in [2.45, 2.75) is 32.6 Å². The standard InChI is InChI=1S/C10H16O3/c1-10(7-9(11)12)6-4-3-5-8(10)13-2/h5H,3-4,6-7H2,1-2H3,(H,11,12). The van der Waals surface area contributed by atoms with Crippen molar-refractivity contribution in [3.05, 3.63) is 11.8 Å². The summed E-state index contributed by atoms with van der Waals surface area (Å²) in [7, 11) is 1.61. The van der Waals surface area contributed by atoms with Gasteiger partial charge in [-0.25, -0.2) is 0 Å².